The Bertz CT molecular complexity index is 2170. The molecule has 15 heteroatoms. The normalized spacial score (nSPS) is 12.2. The van der Waals surface area contributed by atoms with E-state index < -0.39 is 35.5 Å². The molecule has 0 saturated heterocycles. The summed E-state index contributed by atoms with van der Waals surface area (Å²) in [6.07, 6.45) is 6.25. The van der Waals surface area contributed by atoms with Gasteiger partial charge in [0.15, 0.2) is 11.6 Å². The van der Waals surface area contributed by atoms with Crippen LogP contribution in [-0.2, 0) is 44.7 Å². The van der Waals surface area contributed by atoms with Crippen LogP contribution in [0, 0.1) is 0 Å². The molecule has 2 amide bonds. The van der Waals surface area contributed by atoms with Crippen molar-refractivity contribution in [2.75, 3.05) is 14.2 Å². The summed E-state index contributed by atoms with van der Waals surface area (Å²) in [7, 11) is 3.01. The number of nitrogens with zero attached hydrogens (tertiary/aromatic N) is 3. The van der Waals surface area contributed by atoms with Crippen molar-refractivity contribution in [2.45, 2.75) is 90.5 Å². The number of rotatable bonds is 15. The maximum Gasteiger partial charge on any atom is 0.408 e. The Kier molecular flexibility index (Phi) is 16.9. The Hall–Kier alpha value is -6.09. The summed E-state index contributed by atoms with van der Waals surface area (Å²) in [6, 6.07) is 21.2. The number of alkyl carbamates (subject to hydrolysis) is 2. The first-order chi connectivity index (χ1) is 28.4. The summed E-state index contributed by atoms with van der Waals surface area (Å²) >= 11 is 3.36. The third-order valence-corrected chi connectivity index (χ3v) is 8.92. The van der Waals surface area contributed by atoms with E-state index >= 15 is 0 Å². The Morgan fingerprint density at radius 1 is 0.650 bits per heavy atom. The molecule has 0 fully saturated rings. The van der Waals surface area contributed by atoms with E-state index in [0.29, 0.717) is 35.7 Å². The summed E-state index contributed by atoms with van der Waals surface area (Å²) in [4.78, 5) is 59.5. The van der Waals surface area contributed by atoms with Crippen LogP contribution in [0.3, 0.4) is 0 Å². The third-order valence-electron chi connectivity index (χ3n) is 8.49. The van der Waals surface area contributed by atoms with Crippen LogP contribution >= 0.6 is 15.9 Å². The Morgan fingerprint density at radius 2 is 1.10 bits per heavy atom. The minimum atomic E-state index is -0.769. The van der Waals surface area contributed by atoms with Gasteiger partial charge >= 0.3 is 12.2 Å². The lowest BCUT2D eigenvalue weighted by molar-refractivity contribution is -0.121. The lowest BCUT2D eigenvalue weighted by Gasteiger charge is -2.23. The van der Waals surface area contributed by atoms with Gasteiger partial charge in [-0.2, -0.15) is 5.10 Å². The van der Waals surface area contributed by atoms with Crippen LogP contribution in [0.15, 0.2) is 102 Å². The van der Waals surface area contributed by atoms with Gasteiger partial charge in [0.25, 0.3) is 0 Å². The highest BCUT2D eigenvalue weighted by atomic mass is 79.9. The number of methoxy groups -OCH3 is 2. The van der Waals surface area contributed by atoms with E-state index in [1.165, 1.54) is 14.2 Å². The van der Waals surface area contributed by atoms with Crippen molar-refractivity contribution < 1.29 is 38.1 Å². The van der Waals surface area contributed by atoms with E-state index in [1.807, 2.05) is 66.7 Å². The van der Waals surface area contributed by atoms with Crippen molar-refractivity contribution in [2.24, 2.45) is 0 Å². The number of ether oxygens (including phenoxy) is 4. The number of aromatic nitrogens is 4. The molecule has 2 aromatic carbocycles. The number of H-pyrrole nitrogens is 1. The fourth-order valence-electron chi connectivity index (χ4n) is 5.87. The second-order valence-corrected chi connectivity index (χ2v) is 16.7. The first kappa shape index (κ1) is 46.6. The number of aromatic amines is 1. The van der Waals surface area contributed by atoms with E-state index in [9.17, 15) is 19.2 Å². The van der Waals surface area contributed by atoms with Crippen molar-refractivity contribution >= 4 is 39.7 Å². The molecule has 0 aliphatic heterocycles. The molecule has 0 spiro atoms. The largest absolute Gasteiger partial charge is 0.481 e. The molecule has 3 N–H and O–H groups in total. The molecule has 2 atom stereocenters. The second-order valence-electron chi connectivity index (χ2n) is 15.8. The Morgan fingerprint density at radius 3 is 1.52 bits per heavy atom. The minimum absolute atomic E-state index is 0.0369. The van der Waals surface area contributed by atoms with Crippen molar-refractivity contribution in [1.29, 1.82) is 0 Å². The molecular weight excluding hydrogens is 832 g/mol. The average molecular weight is 886 g/mol. The number of ketones is 2. The highest BCUT2D eigenvalue weighted by Crippen LogP contribution is 2.25. The summed E-state index contributed by atoms with van der Waals surface area (Å²) in [6.45, 7) is 10.7. The van der Waals surface area contributed by atoms with Gasteiger partial charge in [-0.1, -0.05) is 60.7 Å². The van der Waals surface area contributed by atoms with Gasteiger partial charge in [-0.25, -0.2) is 19.6 Å². The molecule has 60 heavy (non-hydrogen) atoms. The Balaban J connectivity index is 0.000000267. The maximum atomic E-state index is 13.3. The van der Waals surface area contributed by atoms with Crippen LogP contribution in [0.4, 0.5) is 9.59 Å². The van der Waals surface area contributed by atoms with E-state index in [1.54, 1.807) is 72.4 Å². The smallest absolute Gasteiger partial charge is 0.408 e. The molecule has 0 aliphatic carbocycles. The number of pyridine rings is 2. The van der Waals surface area contributed by atoms with Crippen LogP contribution in [0.2, 0.25) is 0 Å². The summed E-state index contributed by atoms with van der Waals surface area (Å²) in [5, 5.41) is 12.2. The number of Topliss-reactive ketones (excluding diaryl/α,β-unsaturated/α-hetero) is 2. The number of carbonyl (C=O) groups is 4. The number of amides is 2. The van der Waals surface area contributed by atoms with Gasteiger partial charge in [0.2, 0.25) is 11.8 Å². The molecule has 0 radical (unpaired) electrons. The molecular formula is C45H53BrN6O8. The van der Waals surface area contributed by atoms with Gasteiger partial charge < -0.3 is 29.6 Å². The average Bonchev–Trinajstić information content (AvgIpc) is 3.73. The lowest BCUT2D eigenvalue weighted by atomic mass is 9.97. The predicted molar refractivity (Wildman–Crippen MR) is 231 cm³/mol. The number of hydrogen-bond donors (Lipinski definition) is 3. The van der Waals surface area contributed by atoms with E-state index in [2.05, 4.69) is 46.7 Å². The molecule has 3 heterocycles. The van der Waals surface area contributed by atoms with Crippen LogP contribution in [-0.4, -0.2) is 81.4 Å². The van der Waals surface area contributed by atoms with Crippen molar-refractivity contribution in [1.82, 2.24) is 30.8 Å². The van der Waals surface area contributed by atoms with Crippen LogP contribution < -0.4 is 20.1 Å². The SMILES string of the molecule is COc1ncc(-c2cn[nH]c2)cc1CC(=O)[C@H](Cc1ccccc1)NC(=O)OC(C)(C)C.COc1ncc(Br)cc1CC(=O)[C@H](Cc1ccccc1)NC(=O)OC(C)(C)C. The summed E-state index contributed by atoms with van der Waals surface area (Å²) < 4.78 is 22.1. The maximum absolute atomic E-state index is 13.3. The molecule has 318 valence electrons. The molecule has 0 saturated carbocycles. The number of carbonyl (C=O) groups excluding carboxylic acids is 4. The van der Waals surface area contributed by atoms with E-state index in [0.717, 1.165) is 26.7 Å². The topological polar surface area (TPSA) is 184 Å². The van der Waals surface area contributed by atoms with Gasteiger partial charge in [0.05, 0.1) is 32.5 Å². The molecule has 0 aliphatic rings. The third kappa shape index (κ3) is 15.6. The molecule has 14 nitrogen and oxygen atoms in total. The highest BCUT2D eigenvalue weighted by molar-refractivity contribution is 9.10. The van der Waals surface area contributed by atoms with Gasteiger partial charge in [0.1, 0.15) is 11.2 Å². The summed E-state index contributed by atoms with van der Waals surface area (Å²) in [5.74, 6) is 0.408. The number of hydrogen-bond acceptors (Lipinski definition) is 11. The fraction of sp³-hybridized carbons (Fsp3) is 0.356. The van der Waals surface area contributed by atoms with E-state index in [-0.39, 0.29) is 24.4 Å². The van der Waals surface area contributed by atoms with Gasteiger partial charge in [-0.05, 0) is 93.6 Å². The van der Waals surface area contributed by atoms with Crippen molar-refractivity contribution in [3.8, 4) is 22.9 Å². The zero-order valence-electron chi connectivity index (χ0n) is 35.2. The summed E-state index contributed by atoms with van der Waals surface area (Å²) in [5.41, 5.74) is 3.48. The Labute approximate surface area is 359 Å². The predicted octanol–water partition coefficient (Wildman–Crippen LogP) is 7.83. The fourth-order valence-corrected chi connectivity index (χ4v) is 6.24. The minimum Gasteiger partial charge on any atom is -0.481 e. The second kappa shape index (κ2) is 21.8. The molecule has 0 unspecified atom stereocenters. The molecule has 5 rings (SSSR count). The number of halogens is 1. The van der Waals surface area contributed by atoms with Crippen LogP contribution in [0.5, 0.6) is 11.8 Å². The van der Waals surface area contributed by atoms with E-state index in [4.69, 9.17) is 18.9 Å². The van der Waals surface area contributed by atoms with Gasteiger partial charge in [-0.15, -0.1) is 0 Å². The molecule has 3 aromatic heterocycles. The van der Waals surface area contributed by atoms with Crippen molar-refractivity contribution in [3.63, 3.8) is 0 Å². The molecule has 0 bridgehead atoms. The number of nitrogens with one attached hydrogen (secondary N) is 3. The highest BCUT2D eigenvalue weighted by Gasteiger charge is 2.27. The van der Waals surface area contributed by atoms with Gasteiger partial charge in [0, 0.05) is 58.2 Å². The van der Waals surface area contributed by atoms with Gasteiger partial charge in [-0.3, -0.25) is 14.7 Å². The number of benzene rings is 2. The lowest BCUT2D eigenvalue weighted by Crippen LogP contribution is -2.45. The standard InChI is InChI=1S/C24H28N4O4.C21H25BrN2O4/c1-24(2,3)32-23(30)28-20(10-16-8-6-5-7-9-16)21(29)12-17-11-18(13-25-22(17)31-4)19-14-26-27-15-19;1-21(2,3)28-20(26)24-17(10-14-8-6-5-7-9-14)18(25)12-15-11-16(22)13-23-19(15)27-4/h5-9,11,13-15,20H,10,12H2,1-4H3,(H,26,27)(H,28,30);5-9,11,13,17H,10,12H2,1-4H3,(H,24,26)/t20-;17-/m00/s1. The first-order valence-corrected chi connectivity index (χ1v) is 20.0. The zero-order chi connectivity index (χ0) is 43.9. The van der Waals surface area contributed by atoms with Crippen LogP contribution in [0.1, 0.15) is 63.8 Å². The molecule has 5 aromatic rings. The van der Waals surface area contributed by atoms with Crippen LogP contribution in [0.25, 0.3) is 11.1 Å². The van der Waals surface area contributed by atoms with Crippen molar-refractivity contribution in [3.05, 3.63) is 124 Å². The first-order valence-electron chi connectivity index (χ1n) is 19.3. The monoisotopic (exact) mass is 884 g/mol. The quantitative estimate of drug-likeness (QED) is 0.0932. The zero-order valence-corrected chi connectivity index (χ0v) is 36.8.